The molecule has 1 aliphatic rings. The Morgan fingerprint density at radius 3 is 2.30 bits per heavy atom. The van der Waals surface area contributed by atoms with Crippen molar-refractivity contribution in [1.29, 1.82) is 0 Å². The highest BCUT2D eigenvalue weighted by atomic mass is 32.1. The number of fused-ring (bicyclic) bond motifs is 1. The van der Waals surface area contributed by atoms with Crippen LogP contribution < -0.4 is 5.69 Å². The van der Waals surface area contributed by atoms with Crippen LogP contribution in [0, 0.1) is 4.77 Å². The Morgan fingerprint density at radius 1 is 1.12 bits per heavy atom. The highest BCUT2D eigenvalue weighted by Gasteiger charge is 2.46. The maximum atomic E-state index is 12.0. The molecule has 0 radical (unpaired) electrons. The van der Waals surface area contributed by atoms with Gasteiger partial charge in [0.05, 0.1) is 12.7 Å². The second kappa shape index (κ2) is 8.83. The van der Waals surface area contributed by atoms with Crippen molar-refractivity contribution in [3.63, 3.8) is 0 Å². The first-order valence-electron chi connectivity index (χ1n) is 11.6. The summed E-state index contributed by atoms with van der Waals surface area (Å²) in [5.74, 6) is 0.464. The lowest BCUT2D eigenvalue weighted by atomic mass is 10.2. The Bertz CT molecular complexity index is 1110. The summed E-state index contributed by atoms with van der Waals surface area (Å²) in [5, 5.41) is 0.191. The van der Waals surface area contributed by atoms with E-state index in [0.717, 1.165) is 0 Å². The fraction of sp³-hybridized carbons (Fsp3) is 0.773. The lowest BCUT2D eigenvalue weighted by Gasteiger charge is -2.40. The van der Waals surface area contributed by atoms with E-state index in [-0.39, 0.29) is 28.5 Å². The van der Waals surface area contributed by atoms with Crippen LogP contribution in [0.5, 0.6) is 0 Å². The minimum absolute atomic E-state index is 0.0813. The van der Waals surface area contributed by atoms with Crippen molar-refractivity contribution >= 4 is 34.6 Å². The maximum Gasteiger partial charge on any atom is 0.350 e. The Kier molecular flexibility index (Phi) is 7.09. The Balaban J connectivity index is 1.91. The van der Waals surface area contributed by atoms with Crippen LogP contribution in [0.15, 0.2) is 17.2 Å². The summed E-state index contributed by atoms with van der Waals surface area (Å²) in [6.07, 6.45) is 3.69. The molecule has 1 aliphatic heterocycles. The molecule has 1 unspecified atom stereocenters. The van der Waals surface area contributed by atoms with E-state index in [1.54, 1.807) is 10.6 Å². The molecule has 3 atom stereocenters. The van der Waals surface area contributed by atoms with Gasteiger partial charge in [0.15, 0.2) is 21.4 Å². The number of H-pyrrole nitrogens is 1. The van der Waals surface area contributed by atoms with Gasteiger partial charge in [-0.2, -0.15) is 4.98 Å². The number of nitrogens with zero attached hydrogens (tertiary/aromatic N) is 3. The van der Waals surface area contributed by atoms with Gasteiger partial charge in [0.2, 0.25) is 5.78 Å². The third-order valence-corrected chi connectivity index (χ3v) is 16.9. The molecule has 3 rings (SSSR count). The van der Waals surface area contributed by atoms with Gasteiger partial charge in [-0.15, -0.1) is 0 Å². The number of hydrogen-bond donors (Lipinski definition) is 1. The van der Waals surface area contributed by atoms with E-state index in [4.69, 9.17) is 25.8 Å². The highest BCUT2D eigenvalue weighted by Crippen LogP contribution is 2.42. The van der Waals surface area contributed by atoms with Crippen molar-refractivity contribution in [2.75, 3.05) is 6.61 Å². The average Bonchev–Trinajstić information content (AvgIpc) is 3.21. The van der Waals surface area contributed by atoms with Crippen LogP contribution in [0.25, 0.3) is 5.78 Å². The Labute approximate surface area is 203 Å². The molecule has 2 aromatic heterocycles. The quantitative estimate of drug-likeness (QED) is 0.420. The Morgan fingerprint density at radius 2 is 1.73 bits per heavy atom. The van der Waals surface area contributed by atoms with Gasteiger partial charge in [-0.25, -0.2) is 4.79 Å². The van der Waals surface area contributed by atoms with Crippen LogP contribution in [0.1, 0.15) is 54.2 Å². The van der Waals surface area contributed by atoms with E-state index < -0.39 is 22.3 Å². The summed E-state index contributed by atoms with van der Waals surface area (Å²) < 4.78 is 23.8. The predicted octanol–water partition coefficient (Wildman–Crippen LogP) is 5.25. The number of hydrogen-bond acceptors (Lipinski definition) is 6. The van der Waals surface area contributed by atoms with Crippen molar-refractivity contribution in [2.24, 2.45) is 0 Å². The van der Waals surface area contributed by atoms with E-state index in [1.165, 1.54) is 0 Å². The fourth-order valence-corrected chi connectivity index (χ4v) is 5.97. The fourth-order valence-electron chi connectivity index (χ4n) is 3.37. The molecule has 0 saturated carbocycles. The first kappa shape index (κ1) is 26.5. The summed E-state index contributed by atoms with van der Waals surface area (Å²) in [7, 11) is -3.99. The van der Waals surface area contributed by atoms with Gasteiger partial charge in [0.1, 0.15) is 12.3 Å². The van der Waals surface area contributed by atoms with Crippen molar-refractivity contribution in [3.05, 3.63) is 27.6 Å². The molecule has 0 spiro atoms. The van der Waals surface area contributed by atoms with Crippen LogP contribution in [-0.4, -0.2) is 54.4 Å². The molecule has 3 heterocycles. The smallest absolute Gasteiger partial charge is 0.350 e. The molecule has 1 N–H and O–H groups in total. The molecular formula is C22H40N4O4SSi2. The maximum absolute atomic E-state index is 12.0. The monoisotopic (exact) mass is 512 g/mol. The molecule has 0 bridgehead atoms. The number of imidazole rings is 1. The summed E-state index contributed by atoms with van der Waals surface area (Å²) in [6, 6.07) is 0. The van der Waals surface area contributed by atoms with Gasteiger partial charge in [0.25, 0.3) is 0 Å². The zero-order valence-corrected chi connectivity index (χ0v) is 24.5. The standard InChI is InChI=1S/C22H40N4O4SSi2/c1-21(2,3)32(7,8)28-14-16-15(30-33(9,10)22(4,5)6)13-17(29-16)25-11-12-26-19(25)23-18(27)24-20(26)31/h11-12,15-17H,13-14H2,1-10H3,(H,24,27,31)/t15?,16-,17-/m1/s1. The van der Waals surface area contributed by atoms with Gasteiger partial charge in [0, 0.05) is 18.8 Å². The van der Waals surface area contributed by atoms with Gasteiger partial charge in [-0.1, -0.05) is 41.5 Å². The SMILES string of the molecule is CC(C)(C)[Si](C)(C)OC[C@H]1O[C@@H](n2ccn3c(=S)[nH]c(=O)nc23)CC1O[Si](C)(C)C(C)(C)C. The third kappa shape index (κ3) is 5.43. The van der Waals surface area contributed by atoms with Crippen LogP contribution in [0.4, 0.5) is 0 Å². The lowest BCUT2D eigenvalue weighted by molar-refractivity contribution is -0.0383. The van der Waals surface area contributed by atoms with Crippen LogP contribution >= 0.6 is 12.2 Å². The number of aromatic amines is 1. The van der Waals surface area contributed by atoms with E-state index in [2.05, 4.69) is 77.7 Å². The number of aromatic nitrogens is 4. The number of ether oxygens (including phenoxy) is 1. The molecule has 33 heavy (non-hydrogen) atoms. The van der Waals surface area contributed by atoms with E-state index >= 15 is 0 Å². The van der Waals surface area contributed by atoms with Gasteiger partial charge < -0.3 is 13.6 Å². The molecule has 2 aromatic rings. The predicted molar refractivity (Wildman–Crippen MR) is 138 cm³/mol. The largest absolute Gasteiger partial charge is 0.414 e. The van der Waals surface area contributed by atoms with Crippen LogP contribution in [-0.2, 0) is 13.6 Å². The Hall–Kier alpha value is -1.12. The molecule has 0 aromatic carbocycles. The summed E-state index contributed by atoms with van der Waals surface area (Å²) in [5.41, 5.74) is -0.468. The molecule has 8 nitrogen and oxygen atoms in total. The van der Waals surface area contributed by atoms with Gasteiger partial charge >= 0.3 is 5.69 Å². The molecule has 1 saturated heterocycles. The first-order valence-corrected chi connectivity index (χ1v) is 17.8. The van der Waals surface area contributed by atoms with Gasteiger partial charge in [-0.05, 0) is 48.5 Å². The lowest BCUT2D eigenvalue weighted by Crippen LogP contribution is -2.48. The van der Waals surface area contributed by atoms with E-state index in [9.17, 15) is 4.79 Å². The van der Waals surface area contributed by atoms with Crippen molar-refractivity contribution in [3.8, 4) is 0 Å². The van der Waals surface area contributed by atoms with E-state index in [1.807, 2.05) is 10.8 Å². The first-order chi connectivity index (χ1) is 14.9. The second-order valence-electron chi connectivity index (χ2n) is 12.1. The topological polar surface area (TPSA) is 82.8 Å². The molecule has 11 heteroatoms. The van der Waals surface area contributed by atoms with E-state index in [0.29, 0.717) is 23.6 Å². The number of nitrogens with one attached hydrogen (secondary N) is 1. The van der Waals surface area contributed by atoms with Crippen LogP contribution in [0.2, 0.25) is 36.3 Å². The normalized spacial score (nSPS) is 22.9. The second-order valence-corrected chi connectivity index (χ2v) is 22.0. The summed E-state index contributed by atoms with van der Waals surface area (Å²) in [4.78, 5) is 18.7. The van der Waals surface area contributed by atoms with Crippen molar-refractivity contribution < 1.29 is 13.6 Å². The zero-order chi connectivity index (χ0) is 25.0. The number of rotatable bonds is 6. The molecule has 0 amide bonds. The minimum Gasteiger partial charge on any atom is -0.414 e. The highest BCUT2D eigenvalue weighted by molar-refractivity contribution is 7.71. The molecule has 1 fully saturated rings. The average molecular weight is 513 g/mol. The van der Waals surface area contributed by atoms with Crippen molar-refractivity contribution in [1.82, 2.24) is 18.9 Å². The zero-order valence-electron chi connectivity index (χ0n) is 21.7. The third-order valence-electron chi connectivity index (χ3n) is 7.61. The summed E-state index contributed by atoms with van der Waals surface area (Å²) >= 11 is 5.28. The van der Waals surface area contributed by atoms with Crippen molar-refractivity contribution in [2.45, 2.75) is 103 Å². The molecule has 186 valence electrons. The molecule has 0 aliphatic carbocycles. The molecular weight excluding hydrogens is 473 g/mol. The van der Waals surface area contributed by atoms with Gasteiger partial charge in [-0.3, -0.25) is 14.0 Å². The summed E-state index contributed by atoms with van der Waals surface area (Å²) in [6.45, 7) is 22.9. The minimum atomic E-state index is -2.04. The van der Waals surface area contributed by atoms with Crippen LogP contribution in [0.3, 0.4) is 0 Å².